The zero-order valence-corrected chi connectivity index (χ0v) is 17.7. The maximum absolute atomic E-state index is 12.7. The quantitative estimate of drug-likeness (QED) is 0.428. The zero-order valence-electron chi connectivity index (χ0n) is 16.9. The molecule has 0 aliphatic heterocycles. The average molecular weight is 440 g/mol. The highest BCUT2D eigenvalue weighted by atomic mass is 32.2. The number of aromatic amines is 1. The summed E-state index contributed by atoms with van der Waals surface area (Å²) in [6.45, 7) is 2.00. The Labute approximate surface area is 181 Å². The number of carbonyl (C=O) groups excluding carboxylic acids is 3. The molecule has 0 atom stereocenters. The highest BCUT2D eigenvalue weighted by Gasteiger charge is 2.20. The van der Waals surface area contributed by atoms with Gasteiger partial charge in [-0.05, 0) is 43.3 Å². The van der Waals surface area contributed by atoms with Crippen LogP contribution in [0, 0.1) is 0 Å². The van der Waals surface area contributed by atoms with Crippen LogP contribution in [0.4, 0.5) is 5.69 Å². The van der Waals surface area contributed by atoms with Gasteiger partial charge in [0.2, 0.25) is 11.3 Å². The lowest BCUT2D eigenvalue weighted by atomic mass is 10.1. The van der Waals surface area contributed by atoms with E-state index in [1.54, 1.807) is 55.5 Å². The minimum absolute atomic E-state index is 0.0576. The van der Waals surface area contributed by atoms with E-state index in [-0.39, 0.29) is 28.9 Å². The molecule has 0 bridgehead atoms. The number of fused-ring (bicyclic) bond motifs is 1. The summed E-state index contributed by atoms with van der Waals surface area (Å²) in [5.41, 5.74) is 0.832. The number of methoxy groups -OCH3 is 1. The summed E-state index contributed by atoms with van der Waals surface area (Å²) in [5.74, 6) is -1.62. The van der Waals surface area contributed by atoms with Gasteiger partial charge in [-0.25, -0.2) is 9.59 Å². The molecule has 1 amide bonds. The van der Waals surface area contributed by atoms with Gasteiger partial charge in [-0.15, -0.1) is 0 Å². The molecule has 0 fully saturated rings. The van der Waals surface area contributed by atoms with Gasteiger partial charge in [0.05, 0.1) is 35.6 Å². The number of carbonyl (C=O) groups is 3. The van der Waals surface area contributed by atoms with Crippen LogP contribution in [0.5, 0.6) is 0 Å². The Hall–Kier alpha value is -3.59. The molecule has 0 aliphatic rings. The van der Waals surface area contributed by atoms with E-state index in [1.807, 2.05) is 0 Å². The Morgan fingerprint density at radius 1 is 1.03 bits per heavy atom. The maximum Gasteiger partial charge on any atom is 0.344 e. The van der Waals surface area contributed by atoms with Gasteiger partial charge in [0.1, 0.15) is 5.56 Å². The summed E-state index contributed by atoms with van der Waals surface area (Å²) in [4.78, 5) is 52.0. The van der Waals surface area contributed by atoms with Crippen molar-refractivity contribution in [3.05, 3.63) is 69.9 Å². The van der Waals surface area contributed by atoms with E-state index in [9.17, 15) is 19.2 Å². The van der Waals surface area contributed by atoms with E-state index in [0.717, 1.165) is 11.8 Å². The van der Waals surface area contributed by atoms with Crippen LogP contribution in [0.2, 0.25) is 0 Å². The summed E-state index contributed by atoms with van der Waals surface area (Å²) in [5, 5.41) is 3.32. The van der Waals surface area contributed by atoms with Gasteiger partial charge in [-0.3, -0.25) is 9.59 Å². The number of hydrogen-bond donors (Lipinski definition) is 2. The predicted octanol–water partition coefficient (Wildman–Crippen LogP) is 3.22. The van der Waals surface area contributed by atoms with Crippen LogP contribution in [-0.2, 0) is 14.3 Å². The van der Waals surface area contributed by atoms with Crippen molar-refractivity contribution >= 4 is 46.2 Å². The number of amides is 1. The van der Waals surface area contributed by atoms with Gasteiger partial charge in [-0.1, -0.05) is 23.9 Å². The van der Waals surface area contributed by atoms with Crippen LogP contribution in [0.25, 0.3) is 10.9 Å². The molecule has 160 valence electrons. The summed E-state index contributed by atoms with van der Waals surface area (Å²) >= 11 is 1.02. The van der Waals surface area contributed by atoms with Gasteiger partial charge < -0.3 is 19.8 Å². The first-order chi connectivity index (χ1) is 14.9. The third-order valence-electron chi connectivity index (χ3n) is 4.29. The third kappa shape index (κ3) is 5.13. The zero-order chi connectivity index (χ0) is 22.4. The number of H-pyrrole nitrogens is 1. The fourth-order valence-corrected chi connectivity index (χ4v) is 3.70. The summed E-state index contributed by atoms with van der Waals surface area (Å²) in [6.07, 6.45) is 0. The molecule has 0 aliphatic carbocycles. The third-order valence-corrected chi connectivity index (χ3v) is 5.29. The van der Waals surface area contributed by atoms with Crippen LogP contribution in [0.15, 0.2) is 58.4 Å². The number of anilines is 1. The topological polar surface area (TPSA) is 115 Å². The van der Waals surface area contributed by atoms with Crippen molar-refractivity contribution in [1.82, 2.24) is 4.98 Å². The number of ether oxygens (including phenoxy) is 2. The van der Waals surface area contributed by atoms with E-state index in [4.69, 9.17) is 9.47 Å². The minimum atomic E-state index is -0.774. The van der Waals surface area contributed by atoms with Crippen molar-refractivity contribution in [2.24, 2.45) is 0 Å². The molecule has 1 aromatic heterocycles. The van der Waals surface area contributed by atoms with Crippen molar-refractivity contribution in [2.75, 3.05) is 24.8 Å². The number of thioether (sulfide) groups is 1. The van der Waals surface area contributed by atoms with Crippen molar-refractivity contribution in [1.29, 1.82) is 0 Å². The molecule has 0 spiro atoms. The second-order valence-corrected chi connectivity index (χ2v) is 7.32. The number of aromatic nitrogens is 1. The van der Waals surface area contributed by atoms with E-state index in [1.165, 1.54) is 7.11 Å². The highest BCUT2D eigenvalue weighted by molar-refractivity contribution is 8.00. The summed E-state index contributed by atoms with van der Waals surface area (Å²) in [6, 6.07) is 13.1. The van der Waals surface area contributed by atoms with E-state index < -0.39 is 17.4 Å². The molecule has 0 saturated heterocycles. The SMILES string of the molecule is CCOC(=O)c1ccc(NC(=O)CSc2[nH]c3ccccc3c(=O)c2C(=O)OC)cc1. The van der Waals surface area contributed by atoms with Crippen molar-refractivity contribution in [3.8, 4) is 0 Å². The van der Waals surface area contributed by atoms with Crippen LogP contribution >= 0.6 is 11.8 Å². The summed E-state index contributed by atoms with van der Waals surface area (Å²) < 4.78 is 9.67. The second-order valence-electron chi connectivity index (χ2n) is 6.33. The molecule has 31 heavy (non-hydrogen) atoms. The lowest BCUT2D eigenvalue weighted by Gasteiger charge is -2.10. The standard InChI is InChI=1S/C22H20N2O6S/c1-3-30-21(27)13-8-10-14(11-9-13)23-17(25)12-31-20-18(22(28)29-2)19(26)15-6-4-5-7-16(15)24-20/h4-11H,3,12H2,1-2H3,(H,23,25)(H,24,26). The van der Waals surface area contributed by atoms with Crippen molar-refractivity contribution in [2.45, 2.75) is 11.9 Å². The molecule has 3 rings (SSSR count). The van der Waals surface area contributed by atoms with Gasteiger partial charge in [-0.2, -0.15) is 0 Å². The van der Waals surface area contributed by atoms with Crippen LogP contribution < -0.4 is 10.7 Å². The van der Waals surface area contributed by atoms with Crippen molar-refractivity contribution in [3.63, 3.8) is 0 Å². The van der Waals surface area contributed by atoms with Crippen LogP contribution in [-0.4, -0.2) is 42.3 Å². The largest absolute Gasteiger partial charge is 0.465 e. The number of hydrogen-bond acceptors (Lipinski definition) is 7. The normalized spacial score (nSPS) is 10.5. The van der Waals surface area contributed by atoms with E-state index >= 15 is 0 Å². The predicted molar refractivity (Wildman–Crippen MR) is 118 cm³/mol. The maximum atomic E-state index is 12.7. The Morgan fingerprint density at radius 3 is 2.42 bits per heavy atom. The van der Waals surface area contributed by atoms with Crippen LogP contribution in [0.1, 0.15) is 27.6 Å². The molecule has 0 saturated carbocycles. The van der Waals surface area contributed by atoms with Gasteiger partial charge in [0.25, 0.3) is 0 Å². The first-order valence-corrected chi connectivity index (χ1v) is 10.4. The number of nitrogens with one attached hydrogen (secondary N) is 2. The molecule has 0 unspecified atom stereocenters. The first kappa shape index (κ1) is 22.1. The Kier molecular flexibility index (Phi) is 7.09. The Morgan fingerprint density at radius 2 is 1.74 bits per heavy atom. The fraction of sp³-hybridized carbons (Fsp3) is 0.182. The number of pyridine rings is 1. The molecule has 9 heteroatoms. The molecule has 3 aromatic rings. The van der Waals surface area contributed by atoms with Crippen molar-refractivity contribution < 1.29 is 23.9 Å². The molecule has 2 aromatic carbocycles. The molecule has 2 N–H and O–H groups in total. The summed E-state index contributed by atoms with van der Waals surface area (Å²) in [7, 11) is 1.19. The fourth-order valence-electron chi connectivity index (χ4n) is 2.85. The minimum Gasteiger partial charge on any atom is -0.465 e. The smallest absolute Gasteiger partial charge is 0.344 e. The number of esters is 2. The van der Waals surface area contributed by atoms with E-state index in [2.05, 4.69) is 10.3 Å². The number of para-hydroxylation sites is 1. The van der Waals surface area contributed by atoms with Crippen LogP contribution in [0.3, 0.4) is 0 Å². The molecular weight excluding hydrogens is 420 g/mol. The Balaban J connectivity index is 1.74. The monoisotopic (exact) mass is 440 g/mol. The average Bonchev–Trinajstić information content (AvgIpc) is 2.78. The number of rotatable bonds is 7. The van der Waals surface area contributed by atoms with Gasteiger partial charge in [0, 0.05) is 11.1 Å². The molecular formula is C22H20N2O6S. The molecule has 8 nitrogen and oxygen atoms in total. The first-order valence-electron chi connectivity index (χ1n) is 9.37. The van der Waals surface area contributed by atoms with Gasteiger partial charge >= 0.3 is 11.9 Å². The van der Waals surface area contributed by atoms with E-state index in [0.29, 0.717) is 22.2 Å². The highest BCUT2D eigenvalue weighted by Crippen LogP contribution is 2.22. The van der Waals surface area contributed by atoms with Gasteiger partial charge in [0.15, 0.2) is 0 Å². The molecule has 1 heterocycles. The lowest BCUT2D eigenvalue weighted by molar-refractivity contribution is -0.113. The number of benzene rings is 2. The second kappa shape index (κ2) is 9.94. The molecule has 0 radical (unpaired) electrons. The lowest BCUT2D eigenvalue weighted by Crippen LogP contribution is -2.20. The Bertz CT molecular complexity index is 1190.